The van der Waals surface area contributed by atoms with E-state index >= 15 is 0 Å². The van der Waals surface area contributed by atoms with Crippen LogP contribution in [-0.4, -0.2) is 33.0 Å². The molecule has 0 saturated heterocycles. The van der Waals surface area contributed by atoms with Gasteiger partial charge in [-0.15, -0.1) is 0 Å². The summed E-state index contributed by atoms with van der Waals surface area (Å²) in [6.07, 6.45) is 0.704. The van der Waals surface area contributed by atoms with Crippen molar-refractivity contribution >= 4 is 51.7 Å². The number of thioether (sulfide) groups is 1. The maximum atomic E-state index is 12.8. The number of amides is 2. The second-order valence-corrected chi connectivity index (χ2v) is 10.6. The van der Waals surface area contributed by atoms with Gasteiger partial charge >= 0.3 is 0 Å². The van der Waals surface area contributed by atoms with Crippen LogP contribution < -0.4 is 5.32 Å². The number of carbonyl (C=O) groups excluding carboxylic acids is 2. The quantitative estimate of drug-likeness (QED) is 0.442. The monoisotopic (exact) mass is 516 g/mol. The highest BCUT2D eigenvalue weighted by Gasteiger charge is 2.39. The Hall–Kier alpha value is -3.42. The number of hydrogen-bond donors (Lipinski definition) is 1. The Bertz CT molecular complexity index is 1370. The van der Waals surface area contributed by atoms with E-state index in [0.717, 1.165) is 22.4 Å². The molecule has 5 rings (SSSR count). The molecule has 36 heavy (non-hydrogen) atoms. The minimum atomic E-state index is -0.589. The lowest BCUT2D eigenvalue weighted by molar-refractivity contribution is -0.121. The van der Waals surface area contributed by atoms with Gasteiger partial charge in [0.15, 0.2) is 5.17 Å². The van der Waals surface area contributed by atoms with Crippen molar-refractivity contribution < 1.29 is 9.59 Å². The molecule has 2 aliphatic heterocycles. The molecule has 3 aromatic carbocycles. The third kappa shape index (κ3) is 5.37. The molecule has 6 nitrogen and oxygen atoms in total. The zero-order valence-electron chi connectivity index (χ0n) is 19.9. The molecular formula is C28H25ClN4O2S. The van der Waals surface area contributed by atoms with Gasteiger partial charge in [0.2, 0.25) is 5.91 Å². The Morgan fingerprint density at radius 3 is 2.53 bits per heavy atom. The van der Waals surface area contributed by atoms with E-state index in [-0.39, 0.29) is 24.3 Å². The smallest absolute Gasteiger partial charge is 0.262 e. The second-order valence-electron chi connectivity index (χ2n) is 8.99. The summed E-state index contributed by atoms with van der Waals surface area (Å²) >= 11 is 7.41. The van der Waals surface area contributed by atoms with Gasteiger partial charge in [-0.05, 0) is 54.8 Å². The molecule has 1 N–H and O–H groups in total. The predicted molar refractivity (Wildman–Crippen MR) is 147 cm³/mol. The number of carbonyl (C=O) groups is 2. The lowest BCUT2D eigenvalue weighted by atomic mass is 9.98. The largest absolute Gasteiger partial charge is 0.326 e. The number of hydrogen-bond acceptors (Lipinski definition) is 5. The third-order valence-corrected chi connectivity index (χ3v) is 7.54. The summed E-state index contributed by atoms with van der Waals surface area (Å²) in [7, 11) is 0. The van der Waals surface area contributed by atoms with Crippen LogP contribution in [0.25, 0.3) is 0 Å². The van der Waals surface area contributed by atoms with Crippen LogP contribution in [0.3, 0.4) is 0 Å². The van der Waals surface area contributed by atoms with Gasteiger partial charge < -0.3 is 5.32 Å². The number of halogens is 1. The maximum absolute atomic E-state index is 12.8. The third-order valence-electron chi connectivity index (χ3n) is 6.15. The lowest BCUT2D eigenvalue weighted by Crippen LogP contribution is -2.25. The van der Waals surface area contributed by atoms with Crippen LogP contribution in [0.1, 0.15) is 41.1 Å². The summed E-state index contributed by atoms with van der Waals surface area (Å²) in [6.45, 7) is 4.01. The second kappa shape index (κ2) is 10.3. The van der Waals surface area contributed by atoms with Crippen molar-refractivity contribution in [3.63, 3.8) is 0 Å². The van der Waals surface area contributed by atoms with E-state index in [1.165, 1.54) is 17.3 Å². The number of rotatable bonds is 5. The summed E-state index contributed by atoms with van der Waals surface area (Å²) in [6, 6.07) is 23.3. The highest BCUT2D eigenvalue weighted by molar-refractivity contribution is 8.15. The van der Waals surface area contributed by atoms with E-state index in [1.807, 2.05) is 67.4 Å². The van der Waals surface area contributed by atoms with Gasteiger partial charge in [0.1, 0.15) is 5.25 Å². The highest BCUT2D eigenvalue weighted by atomic mass is 35.5. The molecule has 2 heterocycles. The molecule has 2 amide bonds. The number of aliphatic imine (C=N–C) groups is 1. The van der Waals surface area contributed by atoms with E-state index in [9.17, 15) is 9.59 Å². The number of amidine groups is 1. The molecule has 2 atom stereocenters. The molecule has 0 aliphatic carbocycles. The number of anilines is 1. The Balaban J connectivity index is 1.35. The number of hydrazone groups is 1. The molecule has 182 valence electrons. The van der Waals surface area contributed by atoms with Crippen molar-refractivity contribution in [1.29, 1.82) is 0 Å². The predicted octanol–water partition coefficient (Wildman–Crippen LogP) is 6.13. The van der Waals surface area contributed by atoms with Crippen LogP contribution in [0.2, 0.25) is 5.02 Å². The average Bonchev–Trinajstić information content (AvgIpc) is 3.44. The average molecular weight is 517 g/mol. The normalized spacial score (nSPS) is 19.3. The van der Waals surface area contributed by atoms with Gasteiger partial charge in [-0.2, -0.15) is 10.1 Å². The van der Waals surface area contributed by atoms with Crippen molar-refractivity contribution in [2.45, 2.75) is 38.0 Å². The number of benzene rings is 3. The first-order valence-electron chi connectivity index (χ1n) is 11.7. The molecule has 0 fully saturated rings. The Morgan fingerprint density at radius 2 is 1.81 bits per heavy atom. The van der Waals surface area contributed by atoms with Gasteiger partial charge in [0, 0.05) is 23.6 Å². The van der Waals surface area contributed by atoms with E-state index in [1.54, 1.807) is 0 Å². The molecule has 3 aromatic rings. The summed E-state index contributed by atoms with van der Waals surface area (Å²) in [5.41, 5.74) is 5.93. The standard InChI is InChI=1S/C28H25ClN4O2S/c1-17-6-8-19(9-7-17)23-15-24(20-10-12-21(29)13-11-20)33(32-23)28-31-27(35)25(36-28)16-26(34)30-22-5-3-4-18(2)14-22/h3-14,24-25H,15-16H2,1-2H3,(H,30,34)/t24-,25+/m1/s1. The number of nitrogens with one attached hydrogen (secondary N) is 1. The van der Waals surface area contributed by atoms with Gasteiger partial charge in [0.05, 0.1) is 11.8 Å². The topological polar surface area (TPSA) is 74.1 Å². The van der Waals surface area contributed by atoms with Crippen LogP contribution in [0.5, 0.6) is 0 Å². The van der Waals surface area contributed by atoms with Gasteiger partial charge in [-0.3, -0.25) is 9.59 Å². The van der Waals surface area contributed by atoms with Crippen molar-refractivity contribution in [2.75, 3.05) is 5.32 Å². The zero-order chi connectivity index (χ0) is 25.2. The Morgan fingerprint density at radius 1 is 1.06 bits per heavy atom. The van der Waals surface area contributed by atoms with Gasteiger partial charge in [-0.1, -0.05) is 77.5 Å². The van der Waals surface area contributed by atoms with Crippen LogP contribution in [0.15, 0.2) is 82.9 Å². The van der Waals surface area contributed by atoms with Crippen LogP contribution in [-0.2, 0) is 9.59 Å². The Labute approximate surface area is 219 Å². The number of nitrogens with zero attached hydrogens (tertiary/aromatic N) is 3. The highest BCUT2D eigenvalue weighted by Crippen LogP contribution is 2.39. The molecule has 0 aromatic heterocycles. The molecular weight excluding hydrogens is 492 g/mol. The van der Waals surface area contributed by atoms with Gasteiger partial charge in [-0.25, -0.2) is 5.01 Å². The molecule has 0 bridgehead atoms. The van der Waals surface area contributed by atoms with E-state index in [4.69, 9.17) is 16.7 Å². The van der Waals surface area contributed by atoms with E-state index in [2.05, 4.69) is 34.6 Å². The molecule has 0 radical (unpaired) electrons. The first kappa shape index (κ1) is 24.3. The summed E-state index contributed by atoms with van der Waals surface area (Å²) in [5.74, 6) is -0.536. The van der Waals surface area contributed by atoms with E-state index < -0.39 is 5.25 Å². The van der Waals surface area contributed by atoms with Crippen molar-refractivity contribution in [3.05, 3.63) is 100 Å². The molecule has 0 saturated carbocycles. The SMILES string of the molecule is Cc1ccc(C2=NN(C3=NC(=O)[C@H](CC(=O)Nc4cccc(C)c4)S3)[C@@H](c3ccc(Cl)cc3)C2)cc1. The van der Waals surface area contributed by atoms with Crippen LogP contribution in [0.4, 0.5) is 5.69 Å². The van der Waals surface area contributed by atoms with Crippen molar-refractivity contribution in [1.82, 2.24) is 5.01 Å². The minimum Gasteiger partial charge on any atom is -0.326 e. The van der Waals surface area contributed by atoms with E-state index in [0.29, 0.717) is 22.3 Å². The fourth-order valence-corrected chi connectivity index (χ4v) is 5.45. The van der Waals surface area contributed by atoms with Crippen molar-refractivity contribution in [3.8, 4) is 0 Å². The fraction of sp³-hybridized carbons (Fsp3) is 0.214. The lowest BCUT2D eigenvalue weighted by Gasteiger charge is -2.23. The van der Waals surface area contributed by atoms with Gasteiger partial charge in [0.25, 0.3) is 5.91 Å². The minimum absolute atomic E-state index is 0.0401. The fourth-order valence-electron chi connectivity index (χ4n) is 4.26. The number of aryl methyl sites for hydroxylation is 2. The molecule has 0 spiro atoms. The summed E-state index contributed by atoms with van der Waals surface area (Å²) in [5, 5.41) is 10.2. The molecule has 8 heteroatoms. The molecule has 2 aliphatic rings. The first-order valence-corrected chi connectivity index (χ1v) is 13.0. The Kier molecular flexibility index (Phi) is 6.94. The zero-order valence-corrected chi connectivity index (χ0v) is 21.5. The van der Waals surface area contributed by atoms with Crippen LogP contribution in [0, 0.1) is 13.8 Å². The first-order chi connectivity index (χ1) is 17.4. The maximum Gasteiger partial charge on any atom is 0.262 e. The summed E-state index contributed by atoms with van der Waals surface area (Å²) in [4.78, 5) is 29.7. The molecule has 0 unspecified atom stereocenters. The van der Waals surface area contributed by atoms with Crippen LogP contribution >= 0.6 is 23.4 Å². The summed E-state index contributed by atoms with van der Waals surface area (Å²) < 4.78 is 0. The van der Waals surface area contributed by atoms with Crippen molar-refractivity contribution in [2.24, 2.45) is 10.1 Å².